The van der Waals surface area contributed by atoms with Crippen LogP contribution in [0.1, 0.15) is 18.4 Å². The van der Waals surface area contributed by atoms with Crippen LogP contribution in [0.3, 0.4) is 0 Å². The molecule has 2 rings (SSSR count). The predicted octanol–water partition coefficient (Wildman–Crippen LogP) is 0.383. The first-order valence-electron chi connectivity index (χ1n) is 6.07. The molecule has 0 N–H and O–H groups in total. The van der Waals surface area contributed by atoms with Crippen LogP contribution in [0.5, 0.6) is 11.5 Å². The smallest absolute Gasteiger partial charge is 0.179 e. The van der Waals surface area contributed by atoms with Crippen molar-refractivity contribution in [1.29, 1.82) is 5.26 Å². The summed E-state index contributed by atoms with van der Waals surface area (Å²) in [4.78, 5) is 0. The second-order valence-corrected chi connectivity index (χ2v) is 4.39. The number of ether oxygens (including phenoxy) is 3. The lowest BCUT2D eigenvalue weighted by atomic mass is 9.93. The number of hydrogen-bond acceptors (Lipinski definition) is 4. The molecule has 18 heavy (non-hydrogen) atoms. The number of benzene rings is 1. The van der Waals surface area contributed by atoms with Crippen LogP contribution in [0, 0.1) is 11.3 Å². The lowest BCUT2D eigenvalue weighted by molar-refractivity contribution is 0.0244. The highest BCUT2D eigenvalue weighted by atomic mass is 16.5. The Balaban J connectivity index is 2.27. The molecule has 0 spiro atoms. The number of hydrogen-bond donors (Lipinski definition) is 0. The molecule has 0 amide bonds. The molecule has 1 heterocycles. The van der Waals surface area contributed by atoms with Crippen molar-refractivity contribution in [3.63, 3.8) is 0 Å². The molecule has 0 radical (unpaired) electrons. The molecular formula is C13H16BNO3. The van der Waals surface area contributed by atoms with E-state index in [1.54, 1.807) is 7.11 Å². The van der Waals surface area contributed by atoms with Gasteiger partial charge in [-0.15, -0.1) is 0 Å². The maximum absolute atomic E-state index is 9.18. The molecule has 1 aliphatic rings. The first-order valence-corrected chi connectivity index (χ1v) is 6.07. The molecule has 0 atom stereocenters. The molecule has 1 aromatic carbocycles. The van der Waals surface area contributed by atoms with E-state index in [-0.39, 0.29) is 6.10 Å². The zero-order valence-electron chi connectivity index (χ0n) is 10.7. The van der Waals surface area contributed by atoms with E-state index in [0.717, 1.165) is 18.3 Å². The second-order valence-electron chi connectivity index (χ2n) is 4.39. The van der Waals surface area contributed by atoms with Crippen molar-refractivity contribution in [2.24, 2.45) is 0 Å². The fourth-order valence-electron chi connectivity index (χ4n) is 2.06. The van der Waals surface area contributed by atoms with Crippen LogP contribution >= 0.6 is 0 Å². The first kappa shape index (κ1) is 12.8. The number of methoxy groups -OCH3 is 1. The molecule has 1 aliphatic heterocycles. The van der Waals surface area contributed by atoms with Gasteiger partial charge < -0.3 is 14.2 Å². The summed E-state index contributed by atoms with van der Waals surface area (Å²) in [6.07, 6.45) is 1.80. The Labute approximate surface area is 108 Å². The van der Waals surface area contributed by atoms with Gasteiger partial charge in [-0.2, -0.15) is 5.26 Å². The minimum absolute atomic E-state index is 0.0995. The van der Waals surface area contributed by atoms with Gasteiger partial charge in [-0.3, -0.25) is 0 Å². The van der Waals surface area contributed by atoms with Gasteiger partial charge in [0.2, 0.25) is 0 Å². The predicted molar refractivity (Wildman–Crippen MR) is 70.4 cm³/mol. The van der Waals surface area contributed by atoms with E-state index in [1.165, 1.54) is 0 Å². The summed E-state index contributed by atoms with van der Waals surface area (Å²) in [6.45, 7) is 1.42. The minimum atomic E-state index is 0.0995. The zero-order chi connectivity index (χ0) is 13.0. The quantitative estimate of drug-likeness (QED) is 0.722. The van der Waals surface area contributed by atoms with E-state index in [0.29, 0.717) is 30.3 Å². The van der Waals surface area contributed by atoms with Crippen LogP contribution < -0.4 is 14.9 Å². The molecule has 0 aliphatic carbocycles. The van der Waals surface area contributed by atoms with Crippen LogP contribution in [0.2, 0.25) is 0 Å². The average Bonchev–Trinajstić information content (AvgIpc) is 2.41. The van der Waals surface area contributed by atoms with Crippen LogP contribution in [0.25, 0.3) is 0 Å². The highest BCUT2D eigenvalue weighted by Gasteiger charge is 2.20. The highest BCUT2D eigenvalue weighted by Crippen LogP contribution is 2.31. The summed E-state index contributed by atoms with van der Waals surface area (Å²) in [7, 11) is 3.52. The van der Waals surface area contributed by atoms with Crippen LogP contribution in [-0.2, 0) is 4.74 Å². The summed E-state index contributed by atoms with van der Waals surface area (Å²) < 4.78 is 16.5. The van der Waals surface area contributed by atoms with Gasteiger partial charge in [0.25, 0.3) is 0 Å². The highest BCUT2D eigenvalue weighted by molar-refractivity contribution is 6.32. The molecule has 4 nitrogen and oxygen atoms in total. The van der Waals surface area contributed by atoms with Gasteiger partial charge in [-0.25, -0.2) is 0 Å². The Morgan fingerprint density at radius 1 is 1.39 bits per heavy atom. The van der Waals surface area contributed by atoms with Gasteiger partial charge in [0.15, 0.2) is 11.5 Å². The van der Waals surface area contributed by atoms with Gasteiger partial charge in [0.05, 0.1) is 25.9 Å². The zero-order valence-corrected chi connectivity index (χ0v) is 10.7. The van der Waals surface area contributed by atoms with Gasteiger partial charge in [-0.05, 0) is 12.1 Å². The Morgan fingerprint density at radius 2 is 2.11 bits per heavy atom. The van der Waals surface area contributed by atoms with Gasteiger partial charge in [0.1, 0.15) is 20.0 Å². The summed E-state index contributed by atoms with van der Waals surface area (Å²) in [5, 5.41) is 9.18. The molecular weight excluding hydrogens is 229 g/mol. The molecule has 0 saturated carbocycles. The molecule has 0 bridgehead atoms. The maximum Gasteiger partial charge on any atom is 0.179 e. The fraction of sp³-hybridized carbons (Fsp3) is 0.462. The summed E-state index contributed by atoms with van der Waals surface area (Å²) in [5.41, 5.74) is 1.51. The molecule has 0 aromatic heterocycles. The molecule has 0 unspecified atom stereocenters. The fourth-order valence-corrected chi connectivity index (χ4v) is 2.06. The minimum Gasteiger partial charge on any atom is -0.493 e. The Kier molecular flexibility index (Phi) is 4.11. The molecule has 1 aromatic rings. The van der Waals surface area contributed by atoms with E-state index in [4.69, 9.17) is 14.2 Å². The van der Waals surface area contributed by atoms with E-state index in [9.17, 15) is 5.26 Å². The summed E-state index contributed by atoms with van der Waals surface area (Å²) in [5.74, 6) is 1.18. The lowest BCUT2D eigenvalue weighted by Gasteiger charge is -2.24. The van der Waals surface area contributed by atoms with Gasteiger partial charge >= 0.3 is 0 Å². The molecule has 1 saturated heterocycles. The average molecular weight is 245 g/mol. The van der Waals surface area contributed by atoms with Gasteiger partial charge in [-0.1, -0.05) is 5.46 Å². The van der Waals surface area contributed by atoms with Crippen LogP contribution in [0.15, 0.2) is 12.1 Å². The molecule has 5 heteroatoms. The molecule has 94 valence electrons. The third-order valence-corrected chi connectivity index (χ3v) is 2.99. The van der Waals surface area contributed by atoms with Crippen molar-refractivity contribution in [3.8, 4) is 17.6 Å². The largest absolute Gasteiger partial charge is 0.493 e. The van der Waals surface area contributed by atoms with Gasteiger partial charge in [0, 0.05) is 12.8 Å². The van der Waals surface area contributed by atoms with Crippen molar-refractivity contribution < 1.29 is 14.2 Å². The van der Waals surface area contributed by atoms with Crippen molar-refractivity contribution in [1.82, 2.24) is 0 Å². The van der Waals surface area contributed by atoms with Crippen molar-refractivity contribution in [3.05, 3.63) is 17.7 Å². The van der Waals surface area contributed by atoms with E-state index >= 15 is 0 Å². The third-order valence-electron chi connectivity index (χ3n) is 2.99. The van der Waals surface area contributed by atoms with Crippen molar-refractivity contribution >= 4 is 13.3 Å². The Morgan fingerprint density at radius 3 is 2.72 bits per heavy atom. The number of nitriles is 1. The number of rotatable bonds is 3. The maximum atomic E-state index is 9.18. The van der Waals surface area contributed by atoms with Crippen molar-refractivity contribution in [2.75, 3.05) is 20.3 Å². The normalized spacial score (nSPS) is 16.0. The summed E-state index contributed by atoms with van der Waals surface area (Å²) in [6, 6.07) is 5.87. The Bertz CT molecular complexity index is 464. The topological polar surface area (TPSA) is 51.5 Å². The van der Waals surface area contributed by atoms with Crippen molar-refractivity contribution in [2.45, 2.75) is 18.9 Å². The van der Waals surface area contributed by atoms with E-state index in [1.807, 2.05) is 20.0 Å². The molecule has 1 fully saturated rings. The van der Waals surface area contributed by atoms with E-state index in [2.05, 4.69) is 6.07 Å². The SMILES string of the molecule is Bc1cc(C#N)c(OC2CCOCC2)c(OC)c1. The lowest BCUT2D eigenvalue weighted by Crippen LogP contribution is -2.26. The second kappa shape index (κ2) is 5.79. The monoisotopic (exact) mass is 245 g/mol. The van der Waals surface area contributed by atoms with E-state index < -0.39 is 0 Å². The Hall–Kier alpha value is -1.67. The summed E-state index contributed by atoms with van der Waals surface area (Å²) >= 11 is 0. The number of nitrogens with zero attached hydrogens (tertiary/aromatic N) is 1. The third kappa shape index (κ3) is 2.77. The first-order chi connectivity index (χ1) is 8.74. The van der Waals surface area contributed by atoms with Crippen LogP contribution in [0.4, 0.5) is 0 Å². The van der Waals surface area contributed by atoms with Crippen LogP contribution in [-0.4, -0.2) is 34.3 Å². The standard InChI is InChI=1S/C13H16BNO3/c1-16-12-7-10(14)6-9(8-15)13(12)18-11-2-4-17-5-3-11/h6-7,11H,2-5,14H2,1H3.